The molecule has 3 amide bonds. The molecule has 0 saturated heterocycles. The van der Waals surface area contributed by atoms with Gasteiger partial charge in [-0.3, -0.25) is 4.79 Å². The predicted molar refractivity (Wildman–Crippen MR) is 138 cm³/mol. The summed E-state index contributed by atoms with van der Waals surface area (Å²) in [6, 6.07) is 20.0. The van der Waals surface area contributed by atoms with Gasteiger partial charge in [-0.25, -0.2) is 13.2 Å². The van der Waals surface area contributed by atoms with Crippen molar-refractivity contribution in [3.63, 3.8) is 0 Å². The van der Waals surface area contributed by atoms with Crippen LogP contribution in [0, 0.1) is 0 Å². The van der Waals surface area contributed by atoms with Crippen LogP contribution in [0.5, 0.6) is 0 Å². The zero-order valence-electron chi connectivity index (χ0n) is 19.2. The molecular formula is C26H26ClN3O4S. The molecule has 3 aromatic rings. The Morgan fingerprint density at radius 1 is 0.829 bits per heavy atom. The molecule has 1 aliphatic rings. The van der Waals surface area contributed by atoms with Gasteiger partial charge in [0.05, 0.1) is 4.90 Å². The topological polar surface area (TPSA) is 104 Å². The number of halogens is 1. The third kappa shape index (κ3) is 5.83. The largest absolute Gasteiger partial charge is 0.324 e. The quantitative estimate of drug-likeness (QED) is 0.407. The highest BCUT2D eigenvalue weighted by atomic mass is 35.5. The van der Waals surface area contributed by atoms with Gasteiger partial charge in [-0.1, -0.05) is 54.8 Å². The molecule has 1 fully saturated rings. The molecular weight excluding hydrogens is 486 g/mol. The molecule has 0 radical (unpaired) electrons. The van der Waals surface area contributed by atoms with Crippen molar-refractivity contribution in [3.8, 4) is 11.1 Å². The van der Waals surface area contributed by atoms with Crippen molar-refractivity contribution in [3.05, 3.63) is 77.8 Å². The monoisotopic (exact) mass is 511 g/mol. The maximum Gasteiger partial charge on any atom is 0.320 e. The van der Waals surface area contributed by atoms with Crippen LogP contribution < -0.4 is 16.0 Å². The van der Waals surface area contributed by atoms with E-state index in [9.17, 15) is 18.0 Å². The third-order valence-electron chi connectivity index (χ3n) is 6.09. The summed E-state index contributed by atoms with van der Waals surface area (Å²) in [5.74, 6) is -0.287. The van der Waals surface area contributed by atoms with E-state index in [0.717, 1.165) is 18.4 Å². The maximum absolute atomic E-state index is 13.3. The predicted octanol–water partition coefficient (Wildman–Crippen LogP) is 5.48. The molecule has 3 aromatic carbocycles. The van der Waals surface area contributed by atoms with E-state index in [0.29, 0.717) is 34.8 Å². The summed E-state index contributed by atoms with van der Waals surface area (Å²) in [5.41, 5.74) is 1.44. The molecule has 0 heterocycles. The number of benzene rings is 3. The van der Waals surface area contributed by atoms with E-state index < -0.39 is 21.4 Å². The van der Waals surface area contributed by atoms with Crippen molar-refractivity contribution in [2.45, 2.75) is 36.1 Å². The van der Waals surface area contributed by atoms with Gasteiger partial charge in [-0.15, -0.1) is 0 Å². The lowest BCUT2D eigenvalue weighted by Crippen LogP contribution is -2.56. The zero-order chi connectivity index (χ0) is 25.1. The van der Waals surface area contributed by atoms with Gasteiger partial charge < -0.3 is 16.0 Å². The van der Waals surface area contributed by atoms with Crippen molar-refractivity contribution < 1.29 is 18.0 Å². The number of nitrogens with one attached hydrogen (secondary N) is 3. The van der Waals surface area contributed by atoms with Gasteiger partial charge in [-0.05, 0) is 60.9 Å². The molecule has 1 saturated carbocycles. The summed E-state index contributed by atoms with van der Waals surface area (Å²) in [7, 11) is -3.39. The first-order valence-corrected chi connectivity index (χ1v) is 13.5. The highest BCUT2D eigenvalue weighted by molar-refractivity contribution is 7.90. The number of amides is 3. The first-order valence-electron chi connectivity index (χ1n) is 11.2. The van der Waals surface area contributed by atoms with Crippen LogP contribution in [0.4, 0.5) is 16.2 Å². The molecule has 0 atom stereocenters. The standard InChI is InChI=1S/C26H26ClN3O4S/c1-35(33,34)23-7-3-2-6-22(23)18-8-12-20(13-9-18)28-24(31)26(16-4-5-17-26)30-25(32)29-21-14-10-19(27)11-15-21/h2-3,6-15H,4-5,16-17H2,1H3,(H,28,31)(H2,29,30,32). The van der Waals surface area contributed by atoms with Crippen LogP contribution in [-0.4, -0.2) is 32.2 Å². The fourth-order valence-corrected chi connectivity index (χ4v) is 5.35. The Balaban J connectivity index is 1.48. The van der Waals surface area contributed by atoms with E-state index in [2.05, 4.69) is 16.0 Å². The van der Waals surface area contributed by atoms with E-state index in [1.165, 1.54) is 6.26 Å². The molecule has 0 spiro atoms. The van der Waals surface area contributed by atoms with Crippen molar-refractivity contribution >= 4 is 44.8 Å². The molecule has 0 aromatic heterocycles. The zero-order valence-corrected chi connectivity index (χ0v) is 20.7. The lowest BCUT2D eigenvalue weighted by molar-refractivity contribution is -0.121. The molecule has 3 N–H and O–H groups in total. The van der Waals surface area contributed by atoms with E-state index in [4.69, 9.17) is 11.6 Å². The minimum absolute atomic E-state index is 0.248. The van der Waals surface area contributed by atoms with Crippen LogP contribution in [0.1, 0.15) is 25.7 Å². The number of hydrogen-bond acceptors (Lipinski definition) is 4. The Kier molecular flexibility index (Phi) is 7.14. The molecule has 7 nitrogen and oxygen atoms in total. The number of urea groups is 1. The summed E-state index contributed by atoms with van der Waals surface area (Å²) < 4.78 is 24.3. The average molecular weight is 512 g/mol. The Labute approximate surface area is 209 Å². The lowest BCUT2D eigenvalue weighted by atomic mass is 9.96. The Morgan fingerprint density at radius 2 is 1.40 bits per heavy atom. The summed E-state index contributed by atoms with van der Waals surface area (Å²) in [5, 5.41) is 9.09. The van der Waals surface area contributed by atoms with Crippen molar-refractivity contribution in [2.24, 2.45) is 0 Å². The summed E-state index contributed by atoms with van der Waals surface area (Å²) in [6.45, 7) is 0. The average Bonchev–Trinajstić information content (AvgIpc) is 3.30. The molecule has 0 unspecified atom stereocenters. The number of rotatable bonds is 6. The Hall–Kier alpha value is -3.36. The molecule has 35 heavy (non-hydrogen) atoms. The summed E-state index contributed by atoms with van der Waals surface area (Å²) >= 11 is 5.89. The normalized spacial score (nSPS) is 14.8. The second kappa shape index (κ2) is 10.1. The van der Waals surface area contributed by atoms with E-state index in [1.54, 1.807) is 72.8 Å². The second-order valence-corrected chi connectivity index (χ2v) is 11.1. The van der Waals surface area contributed by atoms with Crippen LogP contribution in [0.3, 0.4) is 0 Å². The number of hydrogen-bond donors (Lipinski definition) is 3. The van der Waals surface area contributed by atoms with Crippen molar-refractivity contribution in [1.82, 2.24) is 5.32 Å². The SMILES string of the molecule is CS(=O)(=O)c1ccccc1-c1ccc(NC(=O)C2(NC(=O)Nc3ccc(Cl)cc3)CCCC2)cc1. The number of carbonyl (C=O) groups is 2. The van der Waals surface area contributed by atoms with Crippen LogP contribution in [0.2, 0.25) is 5.02 Å². The van der Waals surface area contributed by atoms with Gasteiger partial charge in [0.1, 0.15) is 5.54 Å². The first-order chi connectivity index (χ1) is 16.7. The van der Waals surface area contributed by atoms with Gasteiger partial charge >= 0.3 is 6.03 Å². The van der Waals surface area contributed by atoms with Crippen LogP contribution in [0.15, 0.2) is 77.7 Å². The van der Waals surface area contributed by atoms with Gasteiger partial charge in [0.25, 0.3) is 0 Å². The van der Waals surface area contributed by atoms with Gasteiger partial charge in [0.2, 0.25) is 5.91 Å². The number of sulfone groups is 1. The minimum atomic E-state index is -3.39. The number of anilines is 2. The molecule has 4 rings (SSSR count). The van der Waals surface area contributed by atoms with Crippen LogP contribution >= 0.6 is 11.6 Å². The van der Waals surface area contributed by atoms with E-state index in [-0.39, 0.29) is 10.8 Å². The third-order valence-corrected chi connectivity index (χ3v) is 7.49. The van der Waals surface area contributed by atoms with Gasteiger partial charge in [-0.2, -0.15) is 0 Å². The van der Waals surface area contributed by atoms with Crippen LogP contribution in [0.25, 0.3) is 11.1 Å². The Bertz CT molecular complexity index is 1330. The minimum Gasteiger partial charge on any atom is -0.324 e. The van der Waals surface area contributed by atoms with Gasteiger partial charge in [0, 0.05) is 28.2 Å². The Morgan fingerprint density at radius 3 is 2.03 bits per heavy atom. The molecule has 1 aliphatic carbocycles. The highest BCUT2D eigenvalue weighted by Crippen LogP contribution is 2.32. The van der Waals surface area contributed by atoms with Crippen molar-refractivity contribution in [1.29, 1.82) is 0 Å². The van der Waals surface area contributed by atoms with Crippen molar-refractivity contribution in [2.75, 3.05) is 16.9 Å². The molecule has 0 bridgehead atoms. The maximum atomic E-state index is 13.3. The first kappa shape index (κ1) is 24.8. The fourth-order valence-electron chi connectivity index (χ4n) is 4.31. The van der Waals surface area contributed by atoms with E-state index >= 15 is 0 Å². The smallest absolute Gasteiger partial charge is 0.320 e. The second-order valence-electron chi connectivity index (χ2n) is 8.68. The lowest BCUT2D eigenvalue weighted by Gasteiger charge is -2.29. The fraction of sp³-hybridized carbons (Fsp3) is 0.231. The summed E-state index contributed by atoms with van der Waals surface area (Å²) in [6.07, 6.45) is 3.91. The number of carbonyl (C=O) groups excluding carboxylic acids is 2. The molecule has 182 valence electrons. The van der Waals surface area contributed by atoms with Crippen LogP contribution in [-0.2, 0) is 14.6 Å². The molecule has 0 aliphatic heterocycles. The van der Waals surface area contributed by atoms with Gasteiger partial charge in [0.15, 0.2) is 9.84 Å². The highest BCUT2D eigenvalue weighted by Gasteiger charge is 2.42. The summed E-state index contributed by atoms with van der Waals surface area (Å²) in [4.78, 5) is 26.2. The molecule has 9 heteroatoms. The van der Waals surface area contributed by atoms with E-state index in [1.807, 2.05) is 0 Å².